The number of likely N-dealkylation sites (tertiary alicyclic amines) is 1. The molecule has 0 unspecified atom stereocenters. The zero-order valence-electron chi connectivity index (χ0n) is 16.7. The maximum absolute atomic E-state index is 12.6. The van der Waals surface area contributed by atoms with Crippen LogP contribution in [0.1, 0.15) is 38.2 Å². The van der Waals surface area contributed by atoms with Gasteiger partial charge in [0.15, 0.2) is 6.61 Å². The van der Waals surface area contributed by atoms with Crippen LogP contribution in [-0.2, 0) is 23.9 Å². The Hall–Kier alpha value is -3.81. The molecule has 1 N–H and O–H groups in total. The molecule has 3 rings (SSSR count). The third-order valence-corrected chi connectivity index (χ3v) is 5.56. The molecule has 1 aromatic rings. The molecule has 11 nitrogen and oxygen atoms in total. The van der Waals surface area contributed by atoms with Gasteiger partial charge < -0.3 is 10.1 Å². The van der Waals surface area contributed by atoms with Gasteiger partial charge in [-0.3, -0.25) is 29.4 Å². The van der Waals surface area contributed by atoms with Crippen molar-refractivity contribution in [1.29, 1.82) is 5.26 Å². The van der Waals surface area contributed by atoms with Crippen molar-refractivity contribution in [2.75, 3.05) is 11.9 Å². The summed E-state index contributed by atoms with van der Waals surface area (Å²) in [5.74, 6) is -3.24. The highest BCUT2D eigenvalue weighted by molar-refractivity contribution is 6.08. The van der Waals surface area contributed by atoms with Gasteiger partial charge >= 0.3 is 5.97 Å². The molecule has 3 amide bonds. The quantitative estimate of drug-likeness (QED) is 0.309. The van der Waals surface area contributed by atoms with Crippen LogP contribution in [0.25, 0.3) is 0 Å². The molecule has 1 aromatic carbocycles. The minimum absolute atomic E-state index is 0.0242. The van der Waals surface area contributed by atoms with Gasteiger partial charge in [0.1, 0.15) is 12.1 Å². The second-order valence-electron chi connectivity index (χ2n) is 7.47. The lowest BCUT2D eigenvalue weighted by molar-refractivity contribution is -0.384. The van der Waals surface area contributed by atoms with Crippen LogP contribution in [-0.4, -0.2) is 46.2 Å². The highest BCUT2D eigenvalue weighted by Gasteiger charge is 2.51. The number of hydrogen-bond donors (Lipinski definition) is 1. The Balaban J connectivity index is 1.59. The Morgan fingerprint density at radius 2 is 1.90 bits per heavy atom. The summed E-state index contributed by atoms with van der Waals surface area (Å²) in [5.41, 5.74) is -0.412. The van der Waals surface area contributed by atoms with E-state index in [-0.39, 0.29) is 28.8 Å². The molecule has 0 aromatic heterocycles. The summed E-state index contributed by atoms with van der Waals surface area (Å²) >= 11 is 0. The Labute approximate surface area is 177 Å². The molecule has 1 heterocycles. The zero-order valence-corrected chi connectivity index (χ0v) is 16.7. The number of esters is 1. The van der Waals surface area contributed by atoms with Crippen molar-refractivity contribution >= 4 is 35.1 Å². The van der Waals surface area contributed by atoms with E-state index in [1.54, 1.807) is 6.07 Å². The normalized spacial score (nSPS) is 21.1. The third-order valence-electron chi connectivity index (χ3n) is 5.56. The second kappa shape index (κ2) is 8.91. The molecular weight excluding hydrogens is 408 g/mol. The van der Waals surface area contributed by atoms with Crippen molar-refractivity contribution in [2.45, 2.75) is 38.6 Å². The van der Waals surface area contributed by atoms with Gasteiger partial charge in [0, 0.05) is 12.1 Å². The van der Waals surface area contributed by atoms with Crippen LogP contribution in [0.4, 0.5) is 11.4 Å². The molecular formula is C20H20N4O7. The summed E-state index contributed by atoms with van der Waals surface area (Å²) in [7, 11) is 0. The number of nitrogens with one attached hydrogen (secondary N) is 1. The number of ether oxygens (including phenoxy) is 1. The molecule has 3 atom stereocenters. The van der Waals surface area contributed by atoms with Crippen LogP contribution in [0.2, 0.25) is 0 Å². The van der Waals surface area contributed by atoms with Crippen molar-refractivity contribution in [3.05, 3.63) is 33.9 Å². The maximum atomic E-state index is 12.6. The van der Waals surface area contributed by atoms with E-state index in [9.17, 15) is 29.3 Å². The van der Waals surface area contributed by atoms with Gasteiger partial charge in [-0.15, -0.1) is 0 Å². The fourth-order valence-corrected chi connectivity index (χ4v) is 3.97. The first-order chi connectivity index (χ1) is 14.7. The number of anilines is 1. The second-order valence-corrected chi connectivity index (χ2v) is 7.47. The van der Waals surface area contributed by atoms with Crippen LogP contribution in [0, 0.1) is 33.3 Å². The lowest BCUT2D eigenvalue weighted by Crippen LogP contribution is -2.45. The van der Waals surface area contributed by atoms with Crippen molar-refractivity contribution < 1.29 is 28.8 Å². The molecule has 2 fully saturated rings. The van der Waals surface area contributed by atoms with Gasteiger partial charge in [-0.1, -0.05) is 12.8 Å². The molecule has 162 valence electrons. The van der Waals surface area contributed by atoms with E-state index in [1.807, 2.05) is 0 Å². The first kappa shape index (κ1) is 21.9. The van der Waals surface area contributed by atoms with Crippen LogP contribution in [0.15, 0.2) is 18.2 Å². The maximum Gasteiger partial charge on any atom is 0.329 e. The van der Waals surface area contributed by atoms with E-state index in [1.165, 1.54) is 13.0 Å². The lowest BCUT2D eigenvalue weighted by atomic mass is 9.81. The van der Waals surface area contributed by atoms with Crippen molar-refractivity contribution in [3.8, 4) is 6.07 Å². The number of nitriles is 1. The molecule has 1 saturated carbocycles. The van der Waals surface area contributed by atoms with Gasteiger partial charge in [-0.25, -0.2) is 4.79 Å². The smallest absolute Gasteiger partial charge is 0.329 e. The number of non-ortho nitro benzene ring substituents is 1. The number of rotatable bonds is 6. The minimum atomic E-state index is -1.16. The number of amides is 3. The number of carbonyl (C=O) groups excluding carboxylic acids is 4. The Morgan fingerprint density at radius 3 is 2.45 bits per heavy atom. The number of carbonyl (C=O) groups is 4. The first-order valence-corrected chi connectivity index (χ1v) is 9.76. The number of fused-ring (bicyclic) bond motifs is 1. The molecule has 0 bridgehead atoms. The highest BCUT2D eigenvalue weighted by atomic mass is 16.6. The summed E-state index contributed by atoms with van der Waals surface area (Å²) in [6.07, 6.45) is 2.96. The van der Waals surface area contributed by atoms with Crippen LogP contribution >= 0.6 is 0 Å². The highest BCUT2D eigenvalue weighted by Crippen LogP contribution is 2.38. The molecule has 0 spiro atoms. The molecule has 1 aliphatic carbocycles. The van der Waals surface area contributed by atoms with Crippen LogP contribution in [0.5, 0.6) is 0 Å². The zero-order chi connectivity index (χ0) is 22.7. The Morgan fingerprint density at radius 1 is 1.29 bits per heavy atom. The van der Waals surface area contributed by atoms with E-state index in [4.69, 9.17) is 10.00 Å². The van der Waals surface area contributed by atoms with Crippen LogP contribution in [0.3, 0.4) is 0 Å². The summed E-state index contributed by atoms with van der Waals surface area (Å²) < 4.78 is 4.95. The first-order valence-electron chi connectivity index (χ1n) is 9.76. The van der Waals surface area contributed by atoms with Crippen molar-refractivity contribution in [1.82, 2.24) is 4.90 Å². The van der Waals surface area contributed by atoms with Gasteiger partial charge in [0.25, 0.3) is 11.6 Å². The van der Waals surface area contributed by atoms with E-state index in [2.05, 4.69) is 5.32 Å². The largest absolute Gasteiger partial charge is 0.454 e. The number of hydrogen-bond acceptors (Lipinski definition) is 8. The molecule has 1 aliphatic heterocycles. The Bertz CT molecular complexity index is 976. The van der Waals surface area contributed by atoms with Gasteiger partial charge in [-0.05, 0) is 25.8 Å². The molecule has 2 aliphatic rings. The molecule has 31 heavy (non-hydrogen) atoms. The van der Waals surface area contributed by atoms with Gasteiger partial charge in [0.2, 0.25) is 11.8 Å². The Kier molecular flexibility index (Phi) is 6.29. The topological polar surface area (TPSA) is 160 Å². The predicted octanol–water partition coefficient (Wildman–Crippen LogP) is 1.51. The average molecular weight is 428 g/mol. The lowest BCUT2D eigenvalue weighted by Gasteiger charge is -2.21. The third kappa shape index (κ3) is 4.37. The SMILES string of the molecule is C[C@@H](C(=O)OCC(=O)Nc1ccc([N+](=O)[O-])cc1C#N)N1C(=O)[C@@H]2CCCC[C@H]2C1=O. The number of nitro benzene ring substituents is 1. The summed E-state index contributed by atoms with van der Waals surface area (Å²) in [5, 5.41) is 22.2. The molecule has 11 heteroatoms. The summed E-state index contributed by atoms with van der Waals surface area (Å²) in [6.45, 7) is 0.658. The van der Waals surface area contributed by atoms with E-state index >= 15 is 0 Å². The standard InChI is InChI=1S/C20H20N4O7/c1-11(23-18(26)14-4-2-3-5-15(14)19(23)27)20(28)31-10-17(25)22-16-7-6-13(24(29)30)8-12(16)9-21/h6-8,11,14-15H,2-5,10H2,1H3,(H,22,25)/t11-,14+,15+/m0/s1. The van der Waals surface area contributed by atoms with E-state index < -0.39 is 41.3 Å². The van der Waals surface area contributed by atoms with Crippen LogP contribution < -0.4 is 5.32 Å². The monoisotopic (exact) mass is 428 g/mol. The van der Waals surface area contributed by atoms with E-state index in [0.717, 1.165) is 29.9 Å². The van der Waals surface area contributed by atoms with Gasteiger partial charge in [-0.2, -0.15) is 5.26 Å². The fourth-order valence-electron chi connectivity index (χ4n) is 3.97. The minimum Gasteiger partial charge on any atom is -0.454 e. The summed E-state index contributed by atoms with van der Waals surface area (Å²) in [4.78, 5) is 60.6. The average Bonchev–Trinajstić information content (AvgIpc) is 3.02. The molecule has 0 radical (unpaired) electrons. The number of nitrogens with zero attached hydrogens (tertiary/aromatic N) is 3. The predicted molar refractivity (Wildman–Crippen MR) is 104 cm³/mol. The summed E-state index contributed by atoms with van der Waals surface area (Å²) in [6, 6.07) is 3.91. The molecule has 1 saturated heterocycles. The fraction of sp³-hybridized carbons (Fsp3) is 0.450. The van der Waals surface area contributed by atoms with E-state index in [0.29, 0.717) is 12.8 Å². The number of imide groups is 1. The number of nitro groups is 1. The van der Waals surface area contributed by atoms with Gasteiger partial charge in [0.05, 0.1) is 28.0 Å². The van der Waals surface area contributed by atoms with Crippen molar-refractivity contribution in [2.24, 2.45) is 11.8 Å². The van der Waals surface area contributed by atoms with Crippen molar-refractivity contribution in [3.63, 3.8) is 0 Å². The number of benzene rings is 1.